The van der Waals surface area contributed by atoms with Crippen LogP contribution < -0.4 is 10.1 Å². The van der Waals surface area contributed by atoms with E-state index < -0.39 is 16.4 Å². The Balaban J connectivity index is 2.30. The standard InChI is InChI=1S/C15H15FN2O3/c1-10-7-13(5-3-11(10)9-17-2)21-15-6-4-12(16)8-14(15)18(19)20/h3-8,17H,9H2,1-2H3. The van der Waals surface area contributed by atoms with Crippen molar-refractivity contribution in [1.82, 2.24) is 5.32 Å². The Hall–Kier alpha value is -2.47. The second-order valence-electron chi connectivity index (χ2n) is 4.59. The second kappa shape index (κ2) is 6.32. The van der Waals surface area contributed by atoms with Gasteiger partial charge >= 0.3 is 5.69 Å². The Morgan fingerprint density at radius 1 is 1.29 bits per heavy atom. The first-order valence-electron chi connectivity index (χ1n) is 6.37. The van der Waals surface area contributed by atoms with Gasteiger partial charge in [-0.25, -0.2) is 4.39 Å². The summed E-state index contributed by atoms with van der Waals surface area (Å²) < 4.78 is 18.6. The summed E-state index contributed by atoms with van der Waals surface area (Å²) in [6.45, 7) is 2.65. The predicted octanol–water partition coefficient (Wildman–Crippen LogP) is 3.55. The molecule has 0 bridgehead atoms. The Kier molecular flexibility index (Phi) is 4.49. The Morgan fingerprint density at radius 3 is 2.67 bits per heavy atom. The summed E-state index contributed by atoms with van der Waals surface area (Å²) in [6.07, 6.45) is 0. The van der Waals surface area contributed by atoms with Crippen molar-refractivity contribution in [2.75, 3.05) is 7.05 Å². The third-order valence-corrected chi connectivity index (χ3v) is 3.03. The highest BCUT2D eigenvalue weighted by molar-refractivity contribution is 5.49. The highest BCUT2D eigenvalue weighted by Crippen LogP contribution is 2.32. The molecule has 21 heavy (non-hydrogen) atoms. The maximum absolute atomic E-state index is 13.1. The van der Waals surface area contributed by atoms with E-state index in [4.69, 9.17) is 4.74 Å². The van der Waals surface area contributed by atoms with E-state index in [2.05, 4.69) is 5.32 Å². The van der Waals surface area contributed by atoms with Gasteiger partial charge in [0.2, 0.25) is 5.75 Å². The van der Waals surface area contributed by atoms with Crippen molar-refractivity contribution in [2.45, 2.75) is 13.5 Å². The largest absolute Gasteiger partial charge is 0.450 e. The first-order valence-corrected chi connectivity index (χ1v) is 6.37. The van der Waals surface area contributed by atoms with Gasteiger partial charge in [0.05, 0.1) is 11.0 Å². The van der Waals surface area contributed by atoms with Crippen LogP contribution in [0, 0.1) is 22.9 Å². The zero-order valence-corrected chi connectivity index (χ0v) is 11.7. The molecule has 0 radical (unpaired) electrons. The van der Waals surface area contributed by atoms with Crippen molar-refractivity contribution in [3.8, 4) is 11.5 Å². The maximum atomic E-state index is 13.1. The topological polar surface area (TPSA) is 64.4 Å². The van der Waals surface area contributed by atoms with Gasteiger partial charge in [0.15, 0.2) is 0 Å². The number of nitro groups is 1. The van der Waals surface area contributed by atoms with Crippen LogP contribution in [0.2, 0.25) is 0 Å². The van der Waals surface area contributed by atoms with Gasteiger partial charge in [0, 0.05) is 6.54 Å². The zero-order chi connectivity index (χ0) is 15.4. The third-order valence-electron chi connectivity index (χ3n) is 3.03. The normalized spacial score (nSPS) is 10.4. The van der Waals surface area contributed by atoms with E-state index in [1.807, 2.05) is 20.0 Å². The molecule has 0 aromatic heterocycles. The lowest BCUT2D eigenvalue weighted by Crippen LogP contribution is -2.06. The quantitative estimate of drug-likeness (QED) is 0.675. The van der Waals surface area contributed by atoms with Crippen molar-refractivity contribution >= 4 is 5.69 Å². The number of benzene rings is 2. The number of nitro benzene ring substituents is 1. The molecule has 0 aliphatic heterocycles. The first-order chi connectivity index (χ1) is 10.0. The summed E-state index contributed by atoms with van der Waals surface area (Å²) in [5, 5.41) is 14.0. The molecule has 0 amide bonds. The van der Waals surface area contributed by atoms with E-state index >= 15 is 0 Å². The number of ether oxygens (including phenoxy) is 1. The smallest absolute Gasteiger partial charge is 0.314 e. The number of hydrogen-bond acceptors (Lipinski definition) is 4. The van der Waals surface area contributed by atoms with Gasteiger partial charge in [0.1, 0.15) is 11.6 Å². The summed E-state index contributed by atoms with van der Waals surface area (Å²) in [6, 6.07) is 8.63. The average molecular weight is 290 g/mol. The van der Waals surface area contributed by atoms with Crippen molar-refractivity contribution < 1.29 is 14.1 Å². The molecule has 2 rings (SSSR count). The minimum atomic E-state index is -0.672. The van der Waals surface area contributed by atoms with Gasteiger partial charge in [-0.05, 0) is 49.4 Å². The predicted molar refractivity (Wildman–Crippen MR) is 77.1 cm³/mol. The lowest BCUT2D eigenvalue weighted by molar-refractivity contribution is -0.385. The van der Waals surface area contributed by atoms with Crippen LogP contribution in [0.4, 0.5) is 10.1 Å². The molecule has 5 nitrogen and oxygen atoms in total. The van der Waals surface area contributed by atoms with Crippen molar-refractivity contribution in [3.63, 3.8) is 0 Å². The summed E-state index contributed by atoms with van der Waals surface area (Å²) in [4.78, 5) is 10.3. The average Bonchev–Trinajstić information content (AvgIpc) is 2.44. The highest BCUT2D eigenvalue weighted by Gasteiger charge is 2.17. The molecule has 2 aromatic rings. The molecule has 0 unspecified atom stereocenters. The molecular weight excluding hydrogens is 275 g/mol. The second-order valence-corrected chi connectivity index (χ2v) is 4.59. The zero-order valence-electron chi connectivity index (χ0n) is 11.7. The monoisotopic (exact) mass is 290 g/mol. The van der Waals surface area contributed by atoms with Gasteiger partial charge in [-0.3, -0.25) is 10.1 Å². The Labute approximate surface area is 121 Å². The van der Waals surface area contributed by atoms with Crippen molar-refractivity contribution in [1.29, 1.82) is 0 Å². The Bertz CT molecular complexity index is 674. The lowest BCUT2D eigenvalue weighted by Gasteiger charge is -2.10. The molecular formula is C15H15FN2O3. The third kappa shape index (κ3) is 3.55. The van der Waals surface area contributed by atoms with Crippen molar-refractivity contribution in [3.05, 3.63) is 63.5 Å². The summed E-state index contributed by atoms with van der Waals surface area (Å²) in [5.41, 5.74) is 1.72. The molecule has 110 valence electrons. The van der Waals surface area contributed by atoms with Crippen molar-refractivity contribution in [2.24, 2.45) is 0 Å². The molecule has 0 aliphatic rings. The van der Waals surface area contributed by atoms with Crippen LogP contribution in [0.15, 0.2) is 36.4 Å². The highest BCUT2D eigenvalue weighted by atomic mass is 19.1. The molecule has 1 N–H and O–H groups in total. The number of hydrogen-bond donors (Lipinski definition) is 1. The van der Waals surface area contributed by atoms with Gasteiger partial charge in [-0.1, -0.05) is 6.07 Å². The van der Waals surface area contributed by atoms with E-state index in [1.54, 1.807) is 12.1 Å². The fraction of sp³-hybridized carbons (Fsp3) is 0.200. The Morgan fingerprint density at radius 2 is 2.05 bits per heavy atom. The number of halogens is 1. The molecule has 0 spiro atoms. The summed E-state index contributed by atoms with van der Waals surface area (Å²) >= 11 is 0. The van der Waals surface area contributed by atoms with Crippen LogP contribution in [0.25, 0.3) is 0 Å². The van der Waals surface area contributed by atoms with E-state index in [0.29, 0.717) is 5.75 Å². The van der Waals surface area contributed by atoms with Crippen LogP contribution >= 0.6 is 0 Å². The molecule has 0 heterocycles. The minimum Gasteiger partial charge on any atom is -0.450 e. The molecule has 0 saturated heterocycles. The van der Waals surface area contributed by atoms with E-state index in [0.717, 1.165) is 29.8 Å². The molecule has 6 heteroatoms. The van der Waals surface area contributed by atoms with Crippen LogP contribution in [0.3, 0.4) is 0 Å². The minimum absolute atomic E-state index is 0.0159. The van der Waals surface area contributed by atoms with Crippen LogP contribution in [0.1, 0.15) is 11.1 Å². The number of aryl methyl sites for hydroxylation is 1. The molecule has 0 aliphatic carbocycles. The fourth-order valence-electron chi connectivity index (χ4n) is 1.97. The van der Waals surface area contributed by atoms with Gasteiger partial charge in [0.25, 0.3) is 0 Å². The van der Waals surface area contributed by atoms with Gasteiger partial charge in [-0.15, -0.1) is 0 Å². The molecule has 2 aromatic carbocycles. The van der Waals surface area contributed by atoms with E-state index in [9.17, 15) is 14.5 Å². The van der Waals surface area contributed by atoms with E-state index in [-0.39, 0.29) is 5.75 Å². The summed E-state index contributed by atoms with van der Waals surface area (Å²) in [5.74, 6) is -0.182. The van der Waals surface area contributed by atoms with Crippen LogP contribution in [-0.2, 0) is 6.54 Å². The van der Waals surface area contributed by atoms with E-state index in [1.165, 1.54) is 6.07 Å². The summed E-state index contributed by atoms with van der Waals surface area (Å²) in [7, 11) is 1.85. The van der Waals surface area contributed by atoms with Gasteiger partial charge in [-0.2, -0.15) is 0 Å². The maximum Gasteiger partial charge on any atom is 0.314 e. The van der Waals surface area contributed by atoms with Gasteiger partial charge < -0.3 is 10.1 Å². The first kappa shape index (κ1) is 14.9. The molecule has 0 atom stereocenters. The number of nitrogens with zero attached hydrogens (tertiary/aromatic N) is 1. The van der Waals surface area contributed by atoms with Crippen LogP contribution in [0.5, 0.6) is 11.5 Å². The molecule has 0 saturated carbocycles. The molecule has 0 fully saturated rings. The van der Waals surface area contributed by atoms with Crippen LogP contribution in [-0.4, -0.2) is 12.0 Å². The fourth-order valence-corrected chi connectivity index (χ4v) is 1.97. The number of rotatable bonds is 5. The lowest BCUT2D eigenvalue weighted by atomic mass is 10.1. The number of nitrogens with one attached hydrogen (secondary N) is 1. The SMILES string of the molecule is CNCc1ccc(Oc2ccc(F)cc2[N+](=O)[O-])cc1C.